The highest BCUT2D eigenvalue weighted by molar-refractivity contribution is 5.88. The SMILES string of the molecule is CC(=O)OCOC(=O)Nc1ncnn2c([C@]3(C)O[C@H](COC(=O)CC4CCCCC4)[C@@H](OC(=O)[C@@H](N)C(C)(C)C)[C@H]3O)ccc12. The van der Waals surface area contributed by atoms with E-state index in [2.05, 4.69) is 20.1 Å². The molecule has 1 saturated carbocycles. The topological polar surface area (TPSA) is 203 Å². The number of carbonyl (C=O) groups excluding carboxylic acids is 4. The van der Waals surface area contributed by atoms with Crippen LogP contribution in [0.4, 0.5) is 10.6 Å². The van der Waals surface area contributed by atoms with Crippen LogP contribution in [0.15, 0.2) is 18.5 Å². The molecule has 2 aromatic rings. The summed E-state index contributed by atoms with van der Waals surface area (Å²) in [4.78, 5) is 53.1. The Morgan fingerprint density at radius 3 is 2.53 bits per heavy atom. The van der Waals surface area contributed by atoms with Crippen molar-refractivity contribution in [2.75, 3.05) is 18.7 Å². The van der Waals surface area contributed by atoms with Gasteiger partial charge in [-0.15, -0.1) is 0 Å². The van der Waals surface area contributed by atoms with Gasteiger partial charge in [-0.1, -0.05) is 40.0 Å². The van der Waals surface area contributed by atoms with Crippen LogP contribution in [0.2, 0.25) is 0 Å². The quantitative estimate of drug-likeness (QED) is 0.196. The van der Waals surface area contributed by atoms with E-state index in [0.717, 1.165) is 25.7 Å². The Kier molecular flexibility index (Phi) is 10.7. The third-order valence-electron chi connectivity index (χ3n) is 8.30. The third kappa shape index (κ3) is 8.07. The van der Waals surface area contributed by atoms with Crippen LogP contribution in [-0.2, 0) is 43.7 Å². The maximum Gasteiger partial charge on any atom is 0.415 e. The number of aromatic nitrogens is 3. The predicted octanol–water partition coefficient (Wildman–Crippen LogP) is 2.57. The number of rotatable bonds is 10. The fourth-order valence-corrected chi connectivity index (χ4v) is 5.58. The first kappa shape index (κ1) is 34.1. The summed E-state index contributed by atoms with van der Waals surface area (Å²) >= 11 is 0. The summed E-state index contributed by atoms with van der Waals surface area (Å²) in [5.74, 6) is -1.42. The first-order valence-corrected chi connectivity index (χ1v) is 15.1. The van der Waals surface area contributed by atoms with Gasteiger partial charge in [-0.05, 0) is 43.2 Å². The Morgan fingerprint density at radius 2 is 1.87 bits per heavy atom. The van der Waals surface area contributed by atoms with Gasteiger partial charge in [0.15, 0.2) is 11.9 Å². The second-order valence-corrected chi connectivity index (χ2v) is 12.8. The highest BCUT2D eigenvalue weighted by atomic mass is 16.7. The van der Waals surface area contributed by atoms with Gasteiger partial charge < -0.3 is 34.5 Å². The number of esters is 3. The molecule has 0 bridgehead atoms. The molecule has 1 amide bonds. The molecule has 0 radical (unpaired) electrons. The molecule has 4 rings (SSSR count). The molecule has 2 aromatic heterocycles. The van der Waals surface area contributed by atoms with E-state index in [9.17, 15) is 24.3 Å². The van der Waals surface area contributed by atoms with E-state index in [0.29, 0.717) is 11.2 Å². The van der Waals surface area contributed by atoms with Gasteiger partial charge in [0, 0.05) is 13.3 Å². The molecule has 3 heterocycles. The summed E-state index contributed by atoms with van der Waals surface area (Å²) in [6, 6.07) is 2.20. The zero-order valence-corrected chi connectivity index (χ0v) is 26.3. The smallest absolute Gasteiger partial charge is 0.415 e. The number of nitrogens with zero attached hydrogens (tertiary/aromatic N) is 3. The summed E-state index contributed by atoms with van der Waals surface area (Å²) < 4.78 is 28.5. The average Bonchev–Trinajstić information content (AvgIpc) is 3.52. The van der Waals surface area contributed by atoms with Crippen molar-refractivity contribution >= 4 is 35.3 Å². The van der Waals surface area contributed by atoms with E-state index in [4.69, 9.17) is 24.7 Å². The van der Waals surface area contributed by atoms with Crippen LogP contribution in [0.1, 0.15) is 78.8 Å². The number of aliphatic hydroxyl groups is 1. The highest BCUT2D eigenvalue weighted by Crippen LogP contribution is 2.42. The van der Waals surface area contributed by atoms with E-state index in [1.165, 1.54) is 24.2 Å². The molecular weight excluding hydrogens is 590 g/mol. The highest BCUT2D eigenvalue weighted by Gasteiger charge is 2.56. The molecule has 45 heavy (non-hydrogen) atoms. The van der Waals surface area contributed by atoms with E-state index >= 15 is 0 Å². The summed E-state index contributed by atoms with van der Waals surface area (Å²) in [7, 11) is 0. The predicted molar refractivity (Wildman–Crippen MR) is 157 cm³/mol. The molecule has 2 aliphatic rings. The van der Waals surface area contributed by atoms with E-state index in [1.807, 2.05) is 0 Å². The Bertz CT molecular complexity index is 1380. The minimum atomic E-state index is -1.52. The molecule has 5 atom stereocenters. The Labute approximate surface area is 261 Å². The number of amides is 1. The lowest BCUT2D eigenvalue weighted by Crippen LogP contribution is -2.49. The second kappa shape index (κ2) is 14.1. The molecule has 0 unspecified atom stereocenters. The van der Waals surface area contributed by atoms with E-state index < -0.39 is 60.2 Å². The van der Waals surface area contributed by atoms with Gasteiger partial charge >= 0.3 is 24.0 Å². The van der Waals surface area contributed by atoms with Crippen molar-refractivity contribution in [3.05, 3.63) is 24.2 Å². The summed E-state index contributed by atoms with van der Waals surface area (Å²) in [5, 5.41) is 18.4. The normalized spacial score (nSPS) is 24.6. The number of nitrogens with two attached hydrogens (primary N) is 1. The molecule has 1 aliphatic heterocycles. The number of carbonyl (C=O) groups is 4. The third-order valence-corrected chi connectivity index (χ3v) is 8.30. The monoisotopic (exact) mass is 633 g/mol. The molecule has 4 N–H and O–H groups in total. The number of hydrogen-bond donors (Lipinski definition) is 3. The molecule has 15 nitrogen and oxygen atoms in total. The molecular formula is C30H43N5O10. The Hall–Kier alpha value is -3.82. The maximum absolute atomic E-state index is 13.1. The van der Waals surface area contributed by atoms with Crippen molar-refractivity contribution in [2.45, 2.75) is 103 Å². The largest absolute Gasteiger partial charge is 0.463 e. The minimum absolute atomic E-state index is 0.0625. The fourth-order valence-electron chi connectivity index (χ4n) is 5.58. The Morgan fingerprint density at radius 1 is 1.16 bits per heavy atom. The number of fused-ring (bicyclic) bond motifs is 1. The average molecular weight is 634 g/mol. The molecule has 0 aromatic carbocycles. The van der Waals surface area contributed by atoms with Gasteiger partial charge in [-0.25, -0.2) is 14.3 Å². The van der Waals surface area contributed by atoms with Gasteiger partial charge in [0.2, 0.25) is 6.79 Å². The lowest BCUT2D eigenvalue weighted by Gasteiger charge is -2.29. The second-order valence-electron chi connectivity index (χ2n) is 12.8. The Balaban J connectivity index is 1.56. The van der Waals surface area contributed by atoms with Crippen LogP contribution < -0.4 is 11.1 Å². The van der Waals surface area contributed by atoms with Crippen molar-refractivity contribution in [3.63, 3.8) is 0 Å². The zero-order chi connectivity index (χ0) is 32.9. The summed E-state index contributed by atoms with van der Waals surface area (Å²) in [6.45, 7) is 7.29. The van der Waals surface area contributed by atoms with Crippen LogP contribution in [0.25, 0.3) is 5.52 Å². The maximum atomic E-state index is 13.1. The van der Waals surface area contributed by atoms with Gasteiger partial charge in [-0.3, -0.25) is 19.7 Å². The molecule has 1 aliphatic carbocycles. The van der Waals surface area contributed by atoms with Crippen molar-refractivity contribution in [1.29, 1.82) is 0 Å². The fraction of sp³-hybridized carbons (Fsp3) is 0.667. The number of hydrogen-bond acceptors (Lipinski definition) is 13. The van der Waals surface area contributed by atoms with Crippen molar-refractivity contribution in [2.24, 2.45) is 17.1 Å². The number of ether oxygens (including phenoxy) is 5. The van der Waals surface area contributed by atoms with Crippen LogP contribution in [0.3, 0.4) is 0 Å². The van der Waals surface area contributed by atoms with Gasteiger partial charge in [0.25, 0.3) is 0 Å². The first-order valence-electron chi connectivity index (χ1n) is 15.1. The zero-order valence-electron chi connectivity index (χ0n) is 26.3. The van der Waals surface area contributed by atoms with Crippen molar-refractivity contribution in [1.82, 2.24) is 14.6 Å². The lowest BCUT2D eigenvalue weighted by molar-refractivity contribution is -0.164. The first-order chi connectivity index (χ1) is 21.2. The van der Waals surface area contributed by atoms with Crippen LogP contribution in [-0.4, -0.2) is 81.5 Å². The van der Waals surface area contributed by atoms with Crippen LogP contribution in [0, 0.1) is 11.3 Å². The number of anilines is 1. The molecule has 248 valence electrons. The van der Waals surface area contributed by atoms with Crippen LogP contribution in [0.5, 0.6) is 0 Å². The summed E-state index contributed by atoms with van der Waals surface area (Å²) in [6.07, 6.45) is 2.11. The van der Waals surface area contributed by atoms with Crippen molar-refractivity contribution in [3.8, 4) is 0 Å². The molecule has 15 heteroatoms. The van der Waals surface area contributed by atoms with E-state index in [-0.39, 0.29) is 30.7 Å². The van der Waals surface area contributed by atoms with Crippen molar-refractivity contribution < 1.29 is 48.0 Å². The lowest BCUT2D eigenvalue weighted by atomic mass is 9.87. The standard InChI is InChI=1S/C30H43N5O10/c1-17(36)42-16-43-28(40)34-26-19-11-12-21(35(19)33-15-32-26)30(5)25(38)23(44-27(39)24(31)29(2,3)4)20(45-30)14-41-22(37)13-18-9-7-6-8-10-18/h11-12,15,18,20,23-25,38H,6-10,13-14,16,31H2,1-5H3,(H,32,33,34,40)/t20-,23-,24-,25-,30+/m1/s1. The number of aliphatic hydroxyl groups excluding tert-OH is 1. The van der Waals surface area contributed by atoms with E-state index in [1.54, 1.807) is 39.8 Å². The van der Waals surface area contributed by atoms with Crippen LogP contribution >= 0.6 is 0 Å². The van der Waals surface area contributed by atoms with Gasteiger partial charge in [-0.2, -0.15) is 5.10 Å². The van der Waals surface area contributed by atoms with Gasteiger partial charge in [0.1, 0.15) is 42.3 Å². The van der Waals surface area contributed by atoms with Gasteiger partial charge in [0.05, 0.1) is 5.69 Å². The molecule has 0 spiro atoms. The molecule has 2 fully saturated rings. The summed E-state index contributed by atoms with van der Waals surface area (Å²) in [5.41, 5.74) is 4.66. The molecule has 1 saturated heterocycles. The number of nitrogens with one attached hydrogen (secondary N) is 1. The minimum Gasteiger partial charge on any atom is -0.463 e.